The quantitative estimate of drug-likeness (QED) is 0.485. The van der Waals surface area contributed by atoms with Crippen molar-refractivity contribution < 1.29 is 0 Å². The van der Waals surface area contributed by atoms with Gasteiger partial charge in [0.05, 0.1) is 11.9 Å². The Kier molecular flexibility index (Phi) is 7.21. The second-order valence-electron chi connectivity index (χ2n) is 8.33. The lowest BCUT2D eigenvalue weighted by Gasteiger charge is -2.30. The fraction of sp³-hybridized carbons (Fsp3) is 0.545. The first kappa shape index (κ1) is 21.8. The number of hydrogen-bond acceptors (Lipinski definition) is 8. The Morgan fingerprint density at radius 1 is 0.903 bits per heavy atom. The van der Waals surface area contributed by atoms with Gasteiger partial charge in [0.2, 0.25) is 17.8 Å². The first-order chi connectivity index (χ1) is 15.1. The molecule has 0 unspecified atom stereocenters. The molecule has 0 atom stereocenters. The molecule has 2 aliphatic rings. The van der Waals surface area contributed by atoms with E-state index < -0.39 is 0 Å². The van der Waals surface area contributed by atoms with Crippen LogP contribution in [0.5, 0.6) is 0 Å². The van der Waals surface area contributed by atoms with Gasteiger partial charge in [0.15, 0.2) is 0 Å². The van der Waals surface area contributed by atoms with Crippen molar-refractivity contribution in [3.05, 3.63) is 28.2 Å². The Morgan fingerprint density at radius 3 is 2.00 bits per heavy atom. The van der Waals surface area contributed by atoms with E-state index in [-0.39, 0.29) is 0 Å². The highest BCUT2D eigenvalue weighted by Crippen LogP contribution is 2.25. The number of hydrogen-bond donors (Lipinski definition) is 1. The summed E-state index contributed by atoms with van der Waals surface area (Å²) in [5.74, 6) is 2.01. The molecule has 0 aliphatic carbocycles. The predicted molar refractivity (Wildman–Crippen MR) is 132 cm³/mol. The van der Waals surface area contributed by atoms with Gasteiger partial charge in [0.25, 0.3) is 0 Å². The Balaban J connectivity index is 1.53. The third-order valence-electron chi connectivity index (χ3n) is 5.72. The molecular formula is C22H31BrN8. The summed E-state index contributed by atoms with van der Waals surface area (Å²) >= 11 is 3.62. The summed E-state index contributed by atoms with van der Waals surface area (Å²) in [6, 6.07) is 6.15. The number of halogens is 1. The minimum atomic E-state index is 0.497. The highest BCUT2D eigenvalue weighted by molar-refractivity contribution is 9.10. The van der Waals surface area contributed by atoms with Crippen LogP contribution < -0.4 is 20.1 Å². The van der Waals surface area contributed by atoms with Crippen LogP contribution in [0.25, 0.3) is 0 Å². The molecular weight excluding hydrogens is 456 g/mol. The molecule has 2 aromatic rings. The molecule has 0 saturated carbocycles. The van der Waals surface area contributed by atoms with E-state index in [1.54, 1.807) is 6.21 Å². The summed E-state index contributed by atoms with van der Waals surface area (Å²) in [5, 5.41) is 4.40. The zero-order valence-corrected chi connectivity index (χ0v) is 20.0. The second-order valence-corrected chi connectivity index (χ2v) is 9.18. The van der Waals surface area contributed by atoms with Crippen molar-refractivity contribution in [2.24, 2.45) is 5.10 Å². The van der Waals surface area contributed by atoms with E-state index in [0.29, 0.717) is 5.95 Å². The smallest absolute Gasteiger partial charge is 0.250 e. The minimum absolute atomic E-state index is 0.497. The van der Waals surface area contributed by atoms with Crippen LogP contribution in [0.2, 0.25) is 0 Å². The molecule has 3 heterocycles. The maximum absolute atomic E-state index is 4.81. The topological polar surface area (TPSA) is 72.8 Å². The molecule has 0 bridgehead atoms. The van der Waals surface area contributed by atoms with Gasteiger partial charge in [-0.3, -0.25) is 0 Å². The Morgan fingerprint density at radius 2 is 1.48 bits per heavy atom. The Hall–Kier alpha value is -2.42. The highest BCUT2D eigenvalue weighted by atomic mass is 79.9. The van der Waals surface area contributed by atoms with Crippen molar-refractivity contribution in [1.29, 1.82) is 0 Å². The number of benzene rings is 1. The van der Waals surface area contributed by atoms with Crippen LogP contribution >= 0.6 is 15.9 Å². The monoisotopic (exact) mass is 486 g/mol. The molecule has 0 spiro atoms. The van der Waals surface area contributed by atoms with Crippen LogP contribution in [-0.4, -0.2) is 61.4 Å². The first-order valence-corrected chi connectivity index (χ1v) is 11.9. The SMILES string of the molecule is CN(C)c1ccc(/C=N\Nc2nc(N3CCCCC3)nc(N3CCCCC3)n2)cc1Br. The molecule has 31 heavy (non-hydrogen) atoms. The molecule has 0 radical (unpaired) electrons. The molecule has 2 fully saturated rings. The van der Waals surface area contributed by atoms with Crippen LogP contribution in [-0.2, 0) is 0 Å². The molecule has 0 amide bonds. The Bertz CT molecular complexity index is 868. The Labute approximate surface area is 192 Å². The molecule has 1 aromatic carbocycles. The summed E-state index contributed by atoms with van der Waals surface area (Å²) in [4.78, 5) is 20.8. The predicted octanol–water partition coefficient (Wildman–Crippen LogP) is 4.13. The summed E-state index contributed by atoms with van der Waals surface area (Å²) in [7, 11) is 4.05. The average Bonchev–Trinajstić information content (AvgIpc) is 2.80. The number of anilines is 4. The molecule has 1 N–H and O–H groups in total. The van der Waals surface area contributed by atoms with Gasteiger partial charge >= 0.3 is 0 Å². The van der Waals surface area contributed by atoms with Crippen molar-refractivity contribution in [2.75, 3.05) is 60.4 Å². The maximum Gasteiger partial charge on any atom is 0.250 e. The van der Waals surface area contributed by atoms with Gasteiger partial charge in [-0.25, -0.2) is 5.43 Å². The van der Waals surface area contributed by atoms with Gasteiger partial charge in [-0.15, -0.1) is 0 Å². The van der Waals surface area contributed by atoms with Gasteiger partial charge < -0.3 is 14.7 Å². The van der Waals surface area contributed by atoms with Crippen molar-refractivity contribution in [3.63, 3.8) is 0 Å². The molecule has 2 saturated heterocycles. The third-order valence-corrected chi connectivity index (χ3v) is 6.36. The number of hydrazone groups is 1. The van der Waals surface area contributed by atoms with E-state index >= 15 is 0 Å². The van der Waals surface area contributed by atoms with Crippen molar-refractivity contribution in [1.82, 2.24) is 15.0 Å². The molecule has 9 heteroatoms. The molecule has 1 aromatic heterocycles. The minimum Gasteiger partial charge on any atom is -0.377 e. The molecule has 4 rings (SSSR count). The average molecular weight is 487 g/mol. The van der Waals surface area contributed by atoms with Gasteiger partial charge in [0.1, 0.15) is 0 Å². The molecule has 8 nitrogen and oxygen atoms in total. The van der Waals surface area contributed by atoms with E-state index in [4.69, 9.17) is 4.98 Å². The largest absolute Gasteiger partial charge is 0.377 e. The number of aromatic nitrogens is 3. The van der Waals surface area contributed by atoms with Gasteiger partial charge in [-0.1, -0.05) is 6.07 Å². The molecule has 166 valence electrons. The standard InChI is InChI=1S/C22H31BrN8/c1-29(2)19-10-9-17(15-18(19)23)16-24-28-20-25-21(30-11-5-3-6-12-30)27-22(26-20)31-13-7-4-8-14-31/h9-10,15-16H,3-8,11-14H2,1-2H3,(H,25,26,27,28)/b24-16-. The van der Waals surface area contributed by atoms with Crippen LogP contribution in [0, 0.1) is 0 Å². The lowest BCUT2D eigenvalue weighted by Crippen LogP contribution is -2.34. The van der Waals surface area contributed by atoms with E-state index in [2.05, 4.69) is 57.2 Å². The fourth-order valence-electron chi connectivity index (χ4n) is 4.01. The lowest BCUT2D eigenvalue weighted by atomic mass is 10.1. The normalized spacial score (nSPS) is 17.3. The lowest BCUT2D eigenvalue weighted by molar-refractivity contribution is 0.556. The maximum atomic E-state index is 4.81. The summed E-state index contributed by atoms with van der Waals surface area (Å²) in [6.07, 6.45) is 9.07. The van der Waals surface area contributed by atoms with Crippen LogP contribution in [0.1, 0.15) is 44.1 Å². The van der Waals surface area contributed by atoms with Gasteiger partial charge in [-0.05, 0) is 72.2 Å². The van der Waals surface area contributed by atoms with Crippen molar-refractivity contribution >= 4 is 45.7 Å². The van der Waals surface area contributed by atoms with Gasteiger partial charge in [0, 0.05) is 44.7 Å². The van der Waals surface area contributed by atoms with Crippen LogP contribution in [0.4, 0.5) is 23.5 Å². The zero-order valence-electron chi connectivity index (χ0n) is 18.4. The fourth-order valence-corrected chi connectivity index (χ4v) is 4.76. The number of nitrogens with zero attached hydrogens (tertiary/aromatic N) is 7. The van der Waals surface area contributed by atoms with Crippen LogP contribution in [0.15, 0.2) is 27.8 Å². The van der Waals surface area contributed by atoms with E-state index in [0.717, 1.165) is 53.8 Å². The van der Waals surface area contributed by atoms with Crippen molar-refractivity contribution in [3.8, 4) is 0 Å². The van der Waals surface area contributed by atoms with E-state index in [1.807, 2.05) is 26.2 Å². The van der Waals surface area contributed by atoms with E-state index in [9.17, 15) is 0 Å². The summed E-state index contributed by atoms with van der Waals surface area (Å²) < 4.78 is 1.03. The first-order valence-electron chi connectivity index (χ1n) is 11.1. The van der Waals surface area contributed by atoms with E-state index in [1.165, 1.54) is 38.5 Å². The highest BCUT2D eigenvalue weighted by Gasteiger charge is 2.20. The van der Waals surface area contributed by atoms with Gasteiger partial charge in [-0.2, -0.15) is 20.1 Å². The number of nitrogens with one attached hydrogen (secondary N) is 1. The summed E-state index contributed by atoms with van der Waals surface area (Å²) in [5.41, 5.74) is 5.15. The van der Waals surface area contributed by atoms with Crippen molar-refractivity contribution in [2.45, 2.75) is 38.5 Å². The third kappa shape index (κ3) is 5.64. The number of rotatable bonds is 6. The van der Waals surface area contributed by atoms with Crippen LogP contribution in [0.3, 0.4) is 0 Å². The zero-order chi connectivity index (χ0) is 21.6. The second kappa shape index (κ2) is 10.3. The molecule has 2 aliphatic heterocycles. The summed E-state index contributed by atoms with van der Waals surface area (Å²) in [6.45, 7) is 3.99. The number of piperidine rings is 2.